The minimum absolute atomic E-state index is 0.931. The number of nitrogens with zero attached hydrogens (tertiary/aromatic N) is 1. The van der Waals surface area contributed by atoms with Crippen molar-refractivity contribution in [1.29, 1.82) is 5.26 Å². The third kappa shape index (κ3) is 6.70. The minimum atomic E-state index is 0.931. The fraction of sp³-hybridized carbons (Fsp3) is 0.864. The quantitative estimate of drug-likeness (QED) is 0.348. The topological polar surface area (TPSA) is 23.8 Å². The Hall–Kier alpha value is -0.770. The molecule has 1 nitrogen and oxygen atoms in total. The monoisotopic (exact) mass is 315 g/mol. The Kier molecular flexibility index (Phi) is 8.80. The normalized spacial score (nSPS) is 32.0. The standard InChI is InChI=1S/C22H37N/c1-2-3-5-8-19-10-14-21(15-11-19)22-16-12-20(13-17-22)9-6-4-7-18-23/h4,7,19-22H,2-3,5-6,8-17H2,1H3. The van der Waals surface area contributed by atoms with Crippen LogP contribution in [0.4, 0.5) is 0 Å². The molecule has 0 aromatic heterocycles. The molecule has 0 bridgehead atoms. The number of nitriles is 1. The van der Waals surface area contributed by atoms with E-state index in [-0.39, 0.29) is 0 Å². The van der Waals surface area contributed by atoms with E-state index in [9.17, 15) is 0 Å². The Morgan fingerprint density at radius 1 is 0.826 bits per heavy atom. The molecule has 2 saturated carbocycles. The van der Waals surface area contributed by atoms with Crippen LogP contribution in [0.1, 0.15) is 96.8 Å². The first-order valence-corrected chi connectivity index (χ1v) is 10.4. The van der Waals surface area contributed by atoms with Crippen molar-refractivity contribution in [2.45, 2.75) is 96.8 Å². The molecular weight excluding hydrogens is 278 g/mol. The highest BCUT2D eigenvalue weighted by Gasteiger charge is 2.30. The summed E-state index contributed by atoms with van der Waals surface area (Å²) in [5.41, 5.74) is 0. The second kappa shape index (κ2) is 10.9. The zero-order valence-corrected chi connectivity index (χ0v) is 15.3. The molecule has 2 rings (SSSR count). The van der Waals surface area contributed by atoms with Crippen LogP contribution in [0.2, 0.25) is 0 Å². The van der Waals surface area contributed by atoms with Crippen molar-refractivity contribution in [3.63, 3.8) is 0 Å². The van der Waals surface area contributed by atoms with Gasteiger partial charge in [-0.25, -0.2) is 0 Å². The maximum Gasteiger partial charge on any atom is 0.0908 e. The molecule has 0 amide bonds. The largest absolute Gasteiger partial charge is 0.193 e. The number of rotatable bonds is 8. The Morgan fingerprint density at radius 2 is 1.39 bits per heavy atom. The smallest absolute Gasteiger partial charge is 0.0908 e. The highest BCUT2D eigenvalue weighted by Crippen LogP contribution is 2.43. The van der Waals surface area contributed by atoms with E-state index in [1.165, 1.54) is 83.5 Å². The predicted molar refractivity (Wildman–Crippen MR) is 99.0 cm³/mol. The maximum atomic E-state index is 8.52. The van der Waals surface area contributed by atoms with Crippen LogP contribution in [0.15, 0.2) is 12.2 Å². The van der Waals surface area contributed by atoms with E-state index < -0.39 is 0 Å². The van der Waals surface area contributed by atoms with E-state index >= 15 is 0 Å². The molecule has 0 aliphatic heterocycles. The second-order valence-corrected chi connectivity index (χ2v) is 8.17. The van der Waals surface area contributed by atoms with E-state index in [0.717, 1.165) is 30.1 Å². The van der Waals surface area contributed by atoms with Gasteiger partial charge in [-0.2, -0.15) is 5.26 Å². The van der Waals surface area contributed by atoms with E-state index in [1.807, 2.05) is 6.08 Å². The van der Waals surface area contributed by atoms with Gasteiger partial charge in [-0.05, 0) is 62.2 Å². The molecule has 0 atom stereocenters. The van der Waals surface area contributed by atoms with Gasteiger partial charge in [0.1, 0.15) is 0 Å². The first-order valence-electron chi connectivity index (χ1n) is 10.4. The first kappa shape index (κ1) is 18.6. The van der Waals surface area contributed by atoms with Gasteiger partial charge < -0.3 is 0 Å². The van der Waals surface area contributed by atoms with Crippen molar-refractivity contribution in [2.75, 3.05) is 0 Å². The zero-order chi connectivity index (χ0) is 16.3. The van der Waals surface area contributed by atoms with Crippen molar-refractivity contribution in [2.24, 2.45) is 23.7 Å². The molecule has 0 heterocycles. The number of unbranched alkanes of at least 4 members (excludes halogenated alkanes) is 2. The molecule has 2 aliphatic carbocycles. The van der Waals surface area contributed by atoms with Crippen molar-refractivity contribution in [3.05, 3.63) is 12.2 Å². The lowest BCUT2D eigenvalue weighted by Crippen LogP contribution is -2.25. The maximum absolute atomic E-state index is 8.52. The van der Waals surface area contributed by atoms with Gasteiger partial charge in [0.2, 0.25) is 0 Å². The van der Waals surface area contributed by atoms with Crippen LogP contribution in [-0.2, 0) is 0 Å². The molecule has 2 fully saturated rings. The predicted octanol–water partition coefficient (Wildman–Crippen LogP) is 7.04. The molecule has 0 saturated heterocycles. The van der Waals surface area contributed by atoms with Crippen molar-refractivity contribution >= 4 is 0 Å². The molecular formula is C22H37N. The van der Waals surface area contributed by atoms with Gasteiger partial charge in [-0.3, -0.25) is 0 Å². The van der Waals surface area contributed by atoms with Gasteiger partial charge in [-0.1, -0.05) is 64.4 Å². The van der Waals surface area contributed by atoms with Crippen molar-refractivity contribution < 1.29 is 0 Å². The van der Waals surface area contributed by atoms with Gasteiger partial charge >= 0.3 is 0 Å². The lowest BCUT2D eigenvalue weighted by Gasteiger charge is -2.38. The Morgan fingerprint density at radius 3 is 1.91 bits per heavy atom. The fourth-order valence-corrected chi connectivity index (χ4v) is 5.05. The lowest BCUT2D eigenvalue weighted by atomic mass is 9.68. The van der Waals surface area contributed by atoms with Crippen LogP contribution in [0.5, 0.6) is 0 Å². The van der Waals surface area contributed by atoms with Crippen LogP contribution in [0.3, 0.4) is 0 Å². The summed E-state index contributed by atoms with van der Waals surface area (Å²) in [6.45, 7) is 2.31. The Balaban J connectivity index is 1.59. The molecule has 0 unspecified atom stereocenters. The summed E-state index contributed by atoms with van der Waals surface area (Å²) in [4.78, 5) is 0. The molecule has 0 N–H and O–H groups in total. The van der Waals surface area contributed by atoms with Gasteiger partial charge in [0.15, 0.2) is 0 Å². The SMILES string of the molecule is CCCCCC1CCC(C2CCC(CCC=CC#N)CC2)CC1. The summed E-state index contributed by atoms with van der Waals surface area (Å²) in [6.07, 6.45) is 23.8. The number of hydrogen-bond acceptors (Lipinski definition) is 1. The fourth-order valence-electron chi connectivity index (χ4n) is 5.05. The van der Waals surface area contributed by atoms with Crippen LogP contribution in [-0.4, -0.2) is 0 Å². The van der Waals surface area contributed by atoms with Gasteiger partial charge in [0.05, 0.1) is 6.07 Å². The molecule has 1 heteroatoms. The minimum Gasteiger partial charge on any atom is -0.193 e. The first-order chi connectivity index (χ1) is 11.3. The highest BCUT2D eigenvalue weighted by atomic mass is 14.4. The summed E-state index contributed by atoms with van der Waals surface area (Å²) >= 11 is 0. The van der Waals surface area contributed by atoms with Gasteiger partial charge in [0.25, 0.3) is 0 Å². The van der Waals surface area contributed by atoms with Crippen LogP contribution in [0, 0.1) is 35.0 Å². The number of hydrogen-bond donors (Lipinski definition) is 0. The molecule has 2 aliphatic rings. The molecule has 0 aromatic rings. The van der Waals surface area contributed by atoms with E-state index in [4.69, 9.17) is 5.26 Å². The second-order valence-electron chi connectivity index (χ2n) is 8.17. The van der Waals surface area contributed by atoms with Crippen LogP contribution >= 0.6 is 0 Å². The third-order valence-corrected chi connectivity index (χ3v) is 6.60. The number of allylic oxidation sites excluding steroid dienone is 2. The summed E-state index contributed by atoms with van der Waals surface area (Å²) < 4.78 is 0. The summed E-state index contributed by atoms with van der Waals surface area (Å²) in [6, 6.07) is 2.09. The van der Waals surface area contributed by atoms with Crippen molar-refractivity contribution in [3.8, 4) is 6.07 Å². The van der Waals surface area contributed by atoms with E-state index in [2.05, 4.69) is 13.0 Å². The average Bonchev–Trinajstić information content (AvgIpc) is 2.60. The van der Waals surface area contributed by atoms with Crippen molar-refractivity contribution in [1.82, 2.24) is 0 Å². The van der Waals surface area contributed by atoms with Crippen LogP contribution in [0.25, 0.3) is 0 Å². The third-order valence-electron chi connectivity index (χ3n) is 6.60. The molecule has 0 spiro atoms. The lowest BCUT2D eigenvalue weighted by molar-refractivity contribution is 0.140. The molecule has 130 valence electrons. The Bertz CT molecular complexity index is 362. The van der Waals surface area contributed by atoms with Gasteiger partial charge in [0, 0.05) is 6.08 Å². The average molecular weight is 316 g/mol. The summed E-state index contributed by atoms with van der Waals surface area (Å²) in [5.74, 6) is 4.08. The summed E-state index contributed by atoms with van der Waals surface area (Å²) in [7, 11) is 0. The zero-order valence-electron chi connectivity index (χ0n) is 15.3. The molecule has 23 heavy (non-hydrogen) atoms. The summed E-state index contributed by atoms with van der Waals surface area (Å²) in [5, 5.41) is 8.52. The van der Waals surface area contributed by atoms with Gasteiger partial charge in [-0.15, -0.1) is 0 Å². The van der Waals surface area contributed by atoms with E-state index in [0.29, 0.717) is 0 Å². The Labute approximate surface area is 144 Å². The van der Waals surface area contributed by atoms with E-state index in [1.54, 1.807) is 6.08 Å². The van der Waals surface area contributed by atoms with Crippen LogP contribution < -0.4 is 0 Å². The molecule has 0 aromatic carbocycles. The highest BCUT2D eigenvalue weighted by molar-refractivity contribution is 5.01. The molecule has 0 radical (unpaired) electrons.